The topological polar surface area (TPSA) is 29.9 Å². The van der Waals surface area contributed by atoms with Gasteiger partial charge >= 0.3 is 0 Å². The number of rotatable bonds is 4. The Bertz CT molecular complexity index is 334. The van der Waals surface area contributed by atoms with E-state index in [0.717, 1.165) is 12.6 Å². The number of hydrogen-bond acceptors (Lipinski definition) is 2. The maximum atomic E-state index is 4.23. The summed E-state index contributed by atoms with van der Waals surface area (Å²) < 4.78 is 2.33. The standard InChI is InChI=1S/C11H17N3/c1-11(4-5-11)13-7-10-6-12-8-14(10)9-2-3-9/h6,8-9,13H,2-5,7H2,1H3. The monoisotopic (exact) mass is 191 g/mol. The van der Waals surface area contributed by atoms with Gasteiger partial charge in [-0.1, -0.05) is 0 Å². The van der Waals surface area contributed by atoms with Crippen molar-refractivity contribution in [1.29, 1.82) is 0 Å². The van der Waals surface area contributed by atoms with E-state index in [1.807, 2.05) is 12.5 Å². The number of imidazole rings is 1. The summed E-state index contributed by atoms with van der Waals surface area (Å²) in [6.45, 7) is 3.28. The third-order valence-corrected chi connectivity index (χ3v) is 3.38. The molecule has 1 N–H and O–H groups in total. The molecule has 3 nitrogen and oxygen atoms in total. The highest BCUT2D eigenvalue weighted by atomic mass is 15.1. The fraction of sp³-hybridized carbons (Fsp3) is 0.727. The number of nitrogens with one attached hydrogen (secondary N) is 1. The average Bonchev–Trinajstić information content (AvgIpc) is 3.08. The third-order valence-electron chi connectivity index (χ3n) is 3.38. The molecule has 2 saturated carbocycles. The second-order valence-electron chi connectivity index (χ2n) is 4.94. The summed E-state index contributed by atoms with van der Waals surface area (Å²) in [4.78, 5) is 4.23. The van der Waals surface area contributed by atoms with Gasteiger partial charge in [-0.3, -0.25) is 0 Å². The normalized spacial score (nSPS) is 23.8. The molecule has 1 aromatic rings. The van der Waals surface area contributed by atoms with Crippen molar-refractivity contribution in [3.8, 4) is 0 Å². The molecule has 0 unspecified atom stereocenters. The lowest BCUT2D eigenvalue weighted by Crippen LogP contribution is -2.27. The van der Waals surface area contributed by atoms with Crippen molar-refractivity contribution < 1.29 is 0 Å². The lowest BCUT2D eigenvalue weighted by molar-refractivity contribution is 0.517. The van der Waals surface area contributed by atoms with Crippen LogP contribution in [-0.2, 0) is 6.54 Å². The first-order valence-corrected chi connectivity index (χ1v) is 5.53. The molecule has 14 heavy (non-hydrogen) atoms. The van der Waals surface area contributed by atoms with Crippen LogP contribution >= 0.6 is 0 Å². The van der Waals surface area contributed by atoms with Crippen LogP contribution < -0.4 is 5.32 Å². The minimum absolute atomic E-state index is 0.429. The summed E-state index contributed by atoms with van der Waals surface area (Å²) in [6, 6.07) is 0.751. The third kappa shape index (κ3) is 1.57. The average molecular weight is 191 g/mol. The van der Waals surface area contributed by atoms with Crippen LogP contribution in [0.1, 0.15) is 44.3 Å². The zero-order valence-electron chi connectivity index (χ0n) is 8.66. The van der Waals surface area contributed by atoms with Gasteiger partial charge < -0.3 is 9.88 Å². The van der Waals surface area contributed by atoms with E-state index in [9.17, 15) is 0 Å². The molecule has 2 fully saturated rings. The minimum atomic E-state index is 0.429. The highest BCUT2D eigenvalue weighted by Crippen LogP contribution is 2.37. The summed E-state index contributed by atoms with van der Waals surface area (Å²) in [5, 5.41) is 3.60. The van der Waals surface area contributed by atoms with Gasteiger partial charge in [-0.25, -0.2) is 4.98 Å². The Labute approximate surface area is 84.5 Å². The molecular formula is C11H17N3. The predicted molar refractivity (Wildman–Crippen MR) is 55.0 cm³/mol. The van der Waals surface area contributed by atoms with Crippen molar-refractivity contribution >= 4 is 0 Å². The van der Waals surface area contributed by atoms with Gasteiger partial charge in [0.2, 0.25) is 0 Å². The maximum absolute atomic E-state index is 4.23. The second kappa shape index (κ2) is 2.83. The van der Waals surface area contributed by atoms with Crippen molar-refractivity contribution in [2.24, 2.45) is 0 Å². The number of nitrogens with zero attached hydrogens (tertiary/aromatic N) is 2. The fourth-order valence-electron chi connectivity index (χ4n) is 1.82. The van der Waals surface area contributed by atoms with Gasteiger partial charge in [-0.2, -0.15) is 0 Å². The van der Waals surface area contributed by atoms with Crippen LogP contribution in [0.25, 0.3) is 0 Å². The predicted octanol–water partition coefficient (Wildman–Crippen LogP) is 1.86. The van der Waals surface area contributed by atoms with Crippen LogP contribution in [0.4, 0.5) is 0 Å². The van der Waals surface area contributed by atoms with E-state index >= 15 is 0 Å². The summed E-state index contributed by atoms with van der Waals surface area (Å²) in [5.41, 5.74) is 1.78. The van der Waals surface area contributed by atoms with E-state index < -0.39 is 0 Å². The Morgan fingerprint density at radius 2 is 2.36 bits per heavy atom. The molecule has 0 aliphatic heterocycles. The van der Waals surface area contributed by atoms with Crippen LogP contribution in [0.2, 0.25) is 0 Å². The molecule has 3 rings (SSSR count). The summed E-state index contributed by atoms with van der Waals surface area (Å²) in [6.07, 6.45) is 9.29. The Balaban J connectivity index is 1.66. The molecule has 1 aromatic heterocycles. The van der Waals surface area contributed by atoms with Gasteiger partial charge in [0.25, 0.3) is 0 Å². The summed E-state index contributed by atoms with van der Waals surface area (Å²) in [7, 11) is 0. The first-order chi connectivity index (χ1) is 6.77. The van der Waals surface area contributed by atoms with Crippen LogP contribution in [0.5, 0.6) is 0 Å². The highest BCUT2D eigenvalue weighted by molar-refractivity contribution is 5.06. The van der Waals surface area contributed by atoms with Gasteiger partial charge in [-0.05, 0) is 32.6 Å². The van der Waals surface area contributed by atoms with Gasteiger partial charge in [0.05, 0.1) is 12.0 Å². The van der Waals surface area contributed by atoms with Gasteiger partial charge in [0, 0.05) is 24.3 Å². The van der Waals surface area contributed by atoms with Crippen molar-refractivity contribution in [3.05, 3.63) is 18.2 Å². The summed E-state index contributed by atoms with van der Waals surface area (Å²) in [5.74, 6) is 0. The highest BCUT2D eigenvalue weighted by Gasteiger charge is 2.36. The van der Waals surface area contributed by atoms with Crippen LogP contribution in [0.15, 0.2) is 12.5 Å². The molecular weight excluding hydrogens is 174 g/mol. The van der Waals surface area contributed by atoms with Gasteiger partial charge in [0.15, 0.2) is 0 Å². The smallest absolute Gasteiger partial charge is 0.0951 e. The Hall–Kier alpha value is -0.830. The SMILES string of the molecule is CC1(NCc2cncn2C2CC2)CC1. The second-order valence-corrected chi connectivity index (χ2v) is 4.94. The van der Waals surface area contributed by atoms with E-state index in [2.05, 4.69) is 21.8 Å². The Morgan fingerprint density at radius 1 is 1.57 bits per heavy atom. The molecule has 0 spiro atoms. The van der Waals surface area contributed by atoms with E-state index in [-0.39, 0.29) is 0 Å². The van der Waals surface area contributed by atoms with Crippen molar-refractivity contribution in [2.45, 2.75) is 50.7 Å². The van der Waals surface area contributed by atoms with Gasteiger partial charge in [0.1, 0.15) is 0 Å². The zero-order chi connectivity index (χ0) is 9.60. The Morgan fingerprint density at radius 3 is 3.00 bits per heavy atom. The minimum Gasteiger partial charge on any atom is -0.330 e. The molecule has 0 aromatic carbocycles. The number of aromatic nitrogens is 2. The maximum Gasteiger partial charge on any atom is 0.0951 e. The Kier molecular flexibility index (Phi) is 1.71. The molecule has 76 valence electrons. The molecule has 2 aliphatic rings. The lowest BCUT2D eigenvalue weighted by atomic mass is 10.3. The van der Waals surface area contributed by atoms with E-state index in [4.69, 9.17) is 0 Å². The molecule has 1 heterocycles. The van der Waals surface area contributed by atoms with Crippen molar-refractivity contribution in [3.63, 3.8) is 0 Å². The molecule has 2 aliphatic carbocycles. The zero-order valence-corrected chi connectivity index (χ0v) is 8.66. The van der Waals surface area contributed by atoms with Crippen LogP contribution in [-0.4, -0.2) is 15.1 Å². The van der Waals surface area contributed by atoms with Crippen LogP contribution in [0, 0.1) is 0 Å². The summed E-state index contributed by atoms with van der Waals surface area (Å²) >= 11 is 0. The van der Waals surface area contributed by atoms with Crippen molar-refractivity contribution in [1.82, 2.24) is 14.9 Å². The number of hydrogen-bond donors (Lipinski definition) is 1. The largest absolute Gasteiger partial charge is 0.330 e. The lowest BCUT2D eigenvalue weighted by Gasteiger charge is -2.12. The van der Waals surface area contributed by atoms with Crippen LogP contribution in [0.3, 0.4) is 0 Å². The van der Waals surface area contributed by atoms with Gasteiger partial charge in [-0.15, -0.1) is 0 Å². The fourth-order valence-corrected chi connectivity index (χ4v) is 1.82. The van der Waals surface area contributed by atoms with E-state index in [1.165, 1.54) is 31.4 Å². The quantitative estimate of drug-likeness (QED) is 0.787. The molecule has 0 atom stereocenters. The molecule has 3 heteroatoms. The molecule has 0 bridgehead atoms. The van der Waals surface area contributed by atoms with E-state index in [0.29, 0.717) is 5.54 Å². The van der Waals surface area contributed by atoms with Crippen molar-refractivity contribution in [2.75, 3.05) is 0 Å². The molecule has 0 saturated heterocycles. The van der Waals surface area contributed by atoms with E-state index in [1.54, 1.807) is 0 Å². The first-order valence-electron chi connectivity index (χ1n) is 5.53. The first kappa shape index (κ1) is 8.48. The molecule has 0 radical (unpaired) electrons. The molecule has 0 amide bonds.